The van der Waals surface area contributed by atoms with Crippen molar-refractivity contribution < 1.29 is 14.7 Å². The van der Waals surface area contributed by atoms with E-state index < -0.39 is 11.3 Å². The molecule has 4 rings (SSSR count). The summed E-state index contributed by atoms with van der Waals surface area (Å²) in [5.41, 5.74) is 1.66. The van der Waals surface area contributed by atoms with Gasteiger partial charge < -0.3 is 9.67 Å². The first-order valence-corrected chi connectivity index (χ1v) is 7.40. The molecule has 1 fully saturated rings. The Kier molecular flexibility index (Phi) is 2.64. The Morgan fingerprint density at radius 2 is 1.73 bits per heavy atom. The summed E-state index contributed by atoms with van der Waals surface area (Å²) >= 11 is 0. The molecule has 1 saturated carbocycles. The van der Waals surface area contributed by atoms with Crippen molar-refractivity contribution in [3.8, 4) is 11.3 Å². The standard InChI is InChI=1S/C18H15NO3/c20-11-13-16(21)15-8-7-14(12-5-2-1-3-6-12)19(15)18(17(13)22)9-4-10-18/h1-3,5-8,11,22H,4,9-10H2. The molecule has 1 aromatic heterocycles. The van der Waals surface area contributed by atoms with E-state index in [1.54, 1.807) is 6.07 Å². The van der Waals surface area contributed by atoms with Gasteiger partial charge in [-0.2, -0.15) is 0 Å². The van der Waals surface area contributed by atoms with Gasteiger partial charge in [0, 0.05) is 5.69 Å². The molecule has 1 aliphatic carbocycles. The minimum atomic E-state index is -0.631. The van der Waals surface area contributed by atoms with Crippen LogP contribution >= 0.6 is 0 Å². The second kappa shape index (κ2) is 4.44. The fraction of sp³-hybridized carbons (Fsp3) is 0.222. The molecule has 0 amide bonds. The topological polar surface area (TPSA) is 59.3 Å². The molecule has 0 atom stereocenters. The summed E-state index contributed by atoms with van der Waals surface area (Å²) < 4.78 is 1.93. The van der Waals surface area contributed by atoms with E-state index in [1.165, 1.54) is 0 Å². The predicted molar refractivity (Wildman–Crippen MR) is 81.7 cm³/mol. The maximum Gasteiger partial charge on any atom is 0.216 e. The molecule has 2 aromatic rings. The van der Waals surface area contributed by atoms with Crippen LogP contribution in [0.4, 0.5) is 0 Å². The molecule has 110 valence electrons. The Morgan fingerprint density at radius 3 is 2.32 bits per heavy atom. The highest BCUT2D eigenvalue weighted by molar-refractivity contribution is 6.21. The number of carbonyl (C=O) groups is 2. The number of aliphatic hydroxyl groups excluding tert-OH is 1. The van der Waals surface area contributed by atoms with Gasteiger partial charge in [-0.3, -0.25) is 9.59 Å². The SMILES string of the molecule is O=CC1=C(O)C2(CCC2)n2c(ccc2-c2ccccc2)C1=O. The van der Waals surface area contributed by atoms with Crippen molar-refractivity contribution in [2.45, 2.75) is 24.8 Å². The van der Waals surface area contributed by atoms with E-state index in [-0.39, 0.29) is 11.3 Å². The first kappa shape index (κ1) is 13.1. The first-order valence-electron chi connectivity index (χ1n) is 7.40. The smallest absolute Gasteiger partial charge is 0.216 e. The van der Waals surface area contributed by atoms with Gasteiger partial charge in [0.15, 0.2) is 6.29 Å². The maximum absolute atomic E-state index is 12.5. The average Bonchev–Trinajstić information content (AvgIpc) is 2.93. The van der Waals surface area contributed by atoms with Crippen LogP contribution in [0.5, 0.6) is 0 Å². The molecule has 1 aliphatic heterocycles. The quantitative estimate of drug-likeness (QED) is 0.683. The number of hydrogen-bond acceptors (Lipinski definition) is 3. The molecule has 22 heavy (non-hydrogen) atoms. The van der Waals surface area contributed by atoms with Gasteiger partial charge in [-0.15, -0.1) is 0 Å². The van der Waals surface area contributed by atoms with Gasteiger partial charge in [-0.1, -0.05) is 30.3 Å². The van der Waals surface area contributed by atoms with Gasteiger partial charge in [0.2, 0.25) is 5.78 Å². The third kappa shape index (κ3) is 1.47. The third-order valence-corrected chi connectivity index (χ3v) is 4.85. The van der Waals surface area contributed by atoms with E-state index >= 15 is 0 Å². The van der Waals surface area contributed by atoms with E-state index in [2.05, 4.69) is 0 Å². The van der Waals surface area contributed by atoms with Crippen molar-refractivity contribution in [1.29, 1.82) is 0 Å². The molecule has 2 heterocycles. The summed E-state index contributed by atoms with van der Waals surface area (Å²) in [6.45, 7) is 0. The summed E-state index contributed by atoms with van der Waals surface area (Å²) in [5.74, 6) is -0.466. The highest BCUT2D eigenvalue weighted by atomic mass is 16.3. The van der Waals surface area contributed by atoms with Crippen LogP contribution in [0, 0.1) is 0 Å². The second-order valence-corrected chi connectivity index (χ2v) is 5.90. The molecule has 0 radical (unpaired) electrons. The van der Waals surface area contributed by atoms with Crippen molar-refractivity contribution in [2.24, 2.45) is 0 Å². The number of aromatic nitrogens is 1. The Bertz CT molecular complexity index is 810. The summed E-state index contributed by atoms with van der Waals surface area (Å²) in [6, 6.07) is 13.4. The Labute approximate surface area is 127 Å². The Hall–Kier alpha value is -2.62. The number of aliphatic hydroxyl groups is 1. The largest absolute Gasteiger partial charge is 0.509 e. The highest BCUT2D eigenvalue weighted by Crippen LogP contribution is 2.50. The number of hydrogen-bond donors (Lipinski definition) is 1. The van der Waals surface area contributed by atoms with Crippen molar-refractivity contribution in [2.75, 3.05) is 0 Å². The summed E-state index contributed by atoms with van der Waals surface area (Å²) in [4.78, 5) is 23.7. The predicted octanol–water partition coefficient (Wildman–Crippen LogP) is 3.24. The normalized spacial score (nSPS) is 19.0. The minimum absolute atomic E-state index is 0.0698. The first-order chi connectivity index (χ1) is 10.7. The minimum Gasteiger partial charge on any atom is -0.509 e. The zero-order chi connectivity index (χ0) is 15.3. The molecule has 1 N–H and O–H groups in total. The average molecular weight is 293 g/mol. The van der Waals surface area contributed by atoms with E-state index in [0.717, 1.165) is 30.5 Å². The number of allylic oxidation sites excluding steroid dienone is 2. The van der Waals surface area contributed by atoms with Crippen molar-refractivity contribution in [3.63, 3.8) is 0 Å². The molecule has 4 heteroatoms. The lowest BCUT2D eigenvalue weighted by Crippen LogP contribution is -2.48. The zero-order valence-electron chi connectivity index (χ0n) is 12.0. The van der Waals surface area contributed by atoms with Gasteiger partial charge in [-0.25, -0.2) is 0 Å². The number of aldehydes is 1. The van der Waals surface area contributed by atoms with Gasteiger partial charge in [-0.05, 0) is 37.0 Å². The number of nitrogens with zero attached hydrogens (tertiary/aromatic N) is 1. The van der Waals surface area contributed by atoms with Crippen LogP contribution in [-0.4, -0.2) is 21.7 Å². The molecule has 1 aromatic carbocycles. The molecule has 0 saturated heterocycles. The number of ketones is 1. The van der Waals surface area contributed by atoms with Gasteiger partial charge in [0.25, 0.3) is 0 Å². The summed E-state index contributed by atoms with van der Waals surface area (Å²) in [7, 11) is 0. The fourth-order valence-corrected chi connectivity index (χ4v) is 3.59. The van der Waals surface area contributed by atoms with Crippen LogP contribution in [0.3, 0.4) is 0 Å². The molecule has 4 nitrogen and oxygen atoms in total. The molecule has 0 unspecified atom stereocenters. The number of carbonyl (C=O) groups excluding carboxylic acids is 2. The molecular formula is C18H15NO3. The molecule has 0 bridgehead atoms. The van der Waals surface area contributed by atoms with Crippen LogP contribution in [0.1, 0.15) is 29.8 Å². The van der Waals surface area contributed by atoms with E-state index in [9.17, 15) is 14.7 Å². The van der Waals surface area contributed by atoms with Gasteiger partial charge >= 0.3 is 0 Å². The van der Waals surface area contributed by atoms with E-state index in [1.807, 2.05) is 41.0 Å². The van der Waals surface area contributed by atoms with Crippen molar-refractivity contribution in [1.82, 2.24) is 4.57 Å². The monoisotopic (exact) mass is 293 g/mol. The van der Waals surface area contributed by atoms with Crippen LogP contribution in [0.15, 0.2) is 53.8 Å². The fourth-order valence-electron chi connectivity index (χ4n) is 3.59. The Morgan fingerprint density at radius 1 is 1.05 bits per heavy atom. The van der Waals surface area contributed by atoms with Crippen molar-refractivity contribution >= 4 is 12.1 Å². The van der Waals surface area contributed by atoms with Crippen molar-refractivity contribution in [3.05, 3.63) is 59.5 Å². The van der Waals surface area contributed by atoms with Crippen LogP contribution in [0.2, 0.25) is 0 Å². The van der Waals surface area contributed by atoms with E-state index in [0.29, 0.717) is 12.0 Å². The lowest BCUT2D eigenvalue weighted by atomic mass is 9.71. The van der Waals surface area contributed by atoms with Gasteiger partial charge in [0.05, 0.1) is 5.69 Å². The molecule has 1 spiro atoms. The Balaban J connectivity index is 2.00. The summed E-state index contributed by atoms with van der Waals surface area (Å²) in [6.07, 6.45) is 2.93. The summed E-state index contributed by atoms with van der Waals surface area (Å²) in [5, 5.41) is 10.6. The van der Waals surface area contributed by atoms with E-state index in [4.69, 9.17) is 0 Å². The van der Waals surface area contributed by atoms with Crippen LogP contribution in [-0.2, 0) is 10.3 Å². The highest BCUT2D eigenvalue weighted by Gasteiger charge is 2.50. The number of fused-ring (bicyclic) bond motifs is 2. The molecular weight excluding hydrogens is 278 g/mol. The van der Waals surface area contributed by atoms with Crippen LogP contribution < -0.4 is 0 Å². The maximum atomic E-state index is 12.5. The number of benzene rings is 1. The second-order valence-electron chi connectivity index (χ2n) is 5.90. The molecule has 2 aliphatic rings. The number of Topliss-reactive ketones (excluding diaryl/α,β-unsaturated/α-hetero) is 1. The lowest BCUT2D eigenvalue weighted by molar-refractivity contribution is -0.105. The van der Waals surface area contributed by atoms with Gasteiger partial charge in [0.1, 0.15) is 16.9 Å². The number of rotatable bonds is 2. The lowest BCUT2D eigenvalue weighted by Gasteiger charge is -2.47. The third-order valence-electron chi connectivity index (χ3n) is 4.85. The zero-order valence-corrected chi connectivity index (χ0v) is 12.0. The van der Waals surface area contributed by atoms with Crippen LogP contribution in [0.25, 0.3) is 11.3 Å².